The van der Waals surface area contributed by atoms with Gasteiger partial charge in [0.2, 0.25) is 5.91 Å². The third-order valence-corrected chi connectivity index (χ3v) is 2.83. The molecular formula is C13H12BNO4. The van der Waals surface area contributed by atoms with Crippen LogP contribution >= 0.6 is 0 Å². The quantitative estimate of drug-likeness (QED) is 0.586. The van der Waals surface area contributed by atoms with Crippen LogP contribution in [0.3, 0.4) is 0 Å². The second-order valence-electron chi connectivity index (χ2n) is 4.02. The predicted octanol–water partition coefficient (Wildman–Crippen LogP) is 0.625. The maximum atomic E-state index is 11.7. The van der Waals surface area contributed by atoms with Gasteiger partial charge in [-0.05, 0) is 23.2 Å². The molecule has 2 rings (SSSR count). The lowest BCUT2D eigenvalue weighted by molar-refractivity contribution is -0.137. The molecule has 1 aliphatic heterocycles. The van der Waals surface area contributed by atoms with Gasteiger partial charge >= 0.3 is 0 Å². The van der Waals surface area contributed by atoms with E-state index >= 15 is 0 Å². The molecule has 0 aliphatic carbocycles. The van der Waals surface area contributed by atoms with Crippen molar-refractivity contribution in [2.24, 2.45) is 0 Å². The number of ether oxygens (including phenoxy) is 2. The van der Waals surface area contributed by atoms with Gasteiger partial charge in [-0.25, -0.2) is 0 Å². The van der Waals surface area contributed by atoms with Gasteiger partial charge in [0.05, 0.1) is 20.8 Å². The van der Waals surface area contributed by atoms with E-state index in [-0.39, 0.29) is 12.0 Å². The zero-order chi connectivity index (χ0) is 14.0. The molecule has 0 spiro atoms. The molecule has 0 atom stereocenters. The average Bonchev–Trinajstić information content (AvgIpc) is 2.65. The second kappa shape index (κ2) is 5.18. The topological polar surface area (TPSA) is 55.8 Å². The second-order valence-corrected chi connectivity index (χ2v) is 4.02. The Balaban J connectivity index is 2.21. The average molecular weight is 257 g/mol. The number of benzene rings is 1. The summed E-state index contributed by atoms with van der Waals surface area (Å²) in [6.45, 7) is 0.148. The first-order valence-electron chi connectivity index (χ1n) is 5.60. The Morgan fingerprint density at radius 1 is 1.16 bits per heavy atom. The van der Waals surface area contributed by atoms with Crippen molar-refractivity contribution in [3.8, 4) is 11.5 Å². The number of imide groups is 1. The molecule has 19 heavy (non-hydrogen) atoms. The number of carbonyl (C=O) groups excluding carboxylic acids is 2. The van der Waals surface area contributed by atoms with Crippen molar-refractivity contribution in [2.75, 3.05) is 14.2 Å². The van der Waals surface area contributed by atoms with Crippen molar-refractivity contribution in [2.45, 2.75) is 6.54 Å². The molecule has 5 nitrogen and oxygen atoms in total. The summed E-state index contributed by atoms with van der Waals surface area (Å²) >= 11 is 0. The smallest absolute Gasteiger partial charge is 0.253 e. The Morgan fingerprint density at radius 3 is 2.37 bits per heavy atom. The molecule has 6 heteroatoms. The normalized spacial score (nSPS) is 14.6. The van der Waals surface area contributed by atoms with Gasteiger partial charge in [0.25, 0.3) is 5.91 Å². The number of methoxy groups -OCH3 is 2. The fraction of sp³-hybridized carbons (Fsp3) is 0.231. The predicted molar refractivity (Wildman–Crippen MR) is 68.9 cm³/mol. The lowest BCUT2D eigenvalue weighted by Crippen LogP contribution is -2.30. The zero-order valence-electron chi connectivity index (χ0n) is 10.7. The molecular weight excluding hydrogens is 245 g/mol. The molecule has 1 heterocycles. The summed E-state index contributed by atoms with van der Waals surface area (Å²) in [6.07, 6.45) is 1.13. The number of rotatable bonds is 4. The molecule has 0 unspecified atom stereocenters. The summed E-state index contributed by atoms with van der Waals surface area (Å²) in [7, 11) is 8.48. The first-order chi connectivity index (χ1) is 9.06. The van der Waals surface area contributed by atoms with Gasteiger partial charge < -0.3 is 9.47 Å². The number of hydrogen-bond acceptors (Lipinski definition) is 4. The van der Waals surface area contributed by atoms with Crippen LogP contribution < -0.4 is 9.47 Å². The van der Waals surface area contributed by atoms with E-state index in [9.17, 15) is 9.59 Å². The lowest BCUT2D eigenvalue weighted by Gasteiger charge is -2.16. The van der Waals surface area contributed by atoms with Crippen molar-refractivity contribution >= 4 is 19.7 Å². The molecule has 2 amide bonds. The van der Waals surface area contributed by atoms with E-state index in [1.807, 2.05) is 0 Å². The van der Waals surface area contributed by atoms with Crippen molar-refractivity contribution in [3.05, 3.63) is 35.3 Å². The highest BCUT2D eigenvalue weighted by Crippen LogP contribution is 2.28. The highest BCUT2D eigenvalue weighted by atomic mass is 16.5. The molecule has 0 saturated carbocycles. The monoisotopic (exact) mass is 257 g/mol. The maximum Gasteiger partial charge on any atom is 0.253 e. The zero-order valence-corrected chi connectivity index (χ0v) is 10.7. The van der Waals surface area contributed by atoms with Crippen molar-refractivity contribution in [3.63, 3.8) is 0 Å². The van der Waals surface area contributed by atoms with Crippen LogP contribution in [0.4, 0.5) is 0 Å². The standard InChI is InChI=1S/C13H12BNO4/c1-18-10-4-3-8(5-11(10)19-2)7-15-12(16)6-9(14)13(15)17/h3-6H,7H2,1-2H3. The summed E-state index contributed by atoms with van der Waals surface area (Å²) in [4.78, 5) is 24.3. The van der Waals surface area contributed by atoms with Crippen LogP contribution in [0.25, 0.3) is 0 Å². The summed E-state index contributed by atoms with van der Waals surface area (Å²) in [5.41, 5.74) is 0.716. The molecule has 1 aliphatic rings. The van der Waals surface area contributed by atoms with Crippen molar-refractivity contribution in [1.29, 1.82) is 0 Å². The van der Waals surface area contributed by atoms with Gasteiger partial charge in [-0.3, -0.25) is 14.5 Å². The first kappa shape index (κ1) is 13.2. The maximum absolute atomic E-state index is 11.7. The Kier molecular flexibility index (Phi) is 3.60. The minimum absolute atomic E-state index is 0.0366. The van der Waals surface area contributed by atoms with Gasteiger partial charge in [-0.2, -0.15) is 0 Å². The molecule has 0 saturated heterocycles. The Labute approximate surface area is 112 Å². The largest absolute Gasteiger partial charge is 0.493 e. The van der Waals surface area contributed by atoms with E-state index in [1.165, 1.54) is 14.2 Å². The summed E-state index contributed by atoms with van der Waals surface area (Å²) in [5, 5.41) is 0. The van der Waals surface area contributed by atoms with Gasteiger partial charge in [0, 0.05) is 6.08 Å². The van der Waals surface area contributed by atoms with Crippen LogP contribution in [0.15, 0.2) is 29.7 Å². The van der Waals surface area contributed by atoms with E-state index in [0.717, 1.165) is 16.5 Å². The van der Waals surface area contributed by atoms with E-state index in [1.54, 1.807) is 18.2 Å². The third-order valence-electron chi connectivity index (χ3n) is 2.83. The fourth-order valence-electron chi connectivity index (χ4n) is 1.84. The molecule has 0 fully saturated rings. The summed E-state index contributed by atoms with van der Waals surface area (Å²) in [5.74, 6) is 0.250. The molecule has 2 radical (unpaired) electrons. The van der Waals surface area contributed by atoms with Crippen LogP contribution in [0.2, 0.25) is 0 Å². The van der Waals surface area contributed by atoms with Crippen LogP contribution in [0.1, 0.15) is 5.56 Å². The Hall–Kier alpha value is -2.24. The third kappa shape index (κ3) is 2.47. The highest BCUT2D eigenvalue weighted by Gasteiger charge is 2.27. The van der Waals surface area contributed by atoms with Crippen LogP contribution in [0.5, 0.6) is 11.5 Å². The van der Waals surface area contributed by atoms with Gasteiger partial charge in [0.1, 0.15) is 7.85 Å². The number of carbonyl (C=O) groups is 2. The molecule has 1 aromatic carbocycles. The van der Waals surface area contributed by atoms with E-state index in [2.05, 4.69) is 0 Å². The minimum Gasteiger partial charge on any atom is -0.493 e. The van der Waals surface area contributed by atoms with Gasteiger partial charge in [-0.1, -0.05) is 6.07 Å². The molecule has 0 N–H and O–H groups in total. The van der Waals surface area contributed by atoms with Gasteiger partial charge in [0.15, 0.2) is 11.5 Å². The Morgan fingerprint density at radius 2 is 1.84 bits per heavy atom. The molecule has 0 bridgehead atoms. The molecule has 1 aromatic rings. The molecule has 96 valence electrons. The van der Waals surface area contributed by atoms with Crippen LogP contribution in [-0.2, 0) is 16.1 Å². The van der Waals surface area contributed by atoms with Crippen LogP contribution in [0, 0.1) is 0 Å². The number of amides is 2. The Bertz CT molecular complexity index is 568. The summed E-state index contributed by atoms with van der Waals surface area (Å²) in [6, 6.07) is 5.19. The highest BCUT2D eigenvalue weighted by molar-refractivity contribution is 6.42. The first-order valence-corrected chi connectivity index (χ1v) is 5.60. The van der Waals surface area contributed by atoms with Crippen LogP contribution in [-0.4, -0.2) is 38.8 Å². The number of nitrogens with zero attached hydrogens (tertiary/aromatic N) is 1. The molecule has 0 aromatic heterocycles. The van der Waals surface area contributed by atoms with E-state index < -0.39 is 11.8 Å². The van der Waals surface area contributed by atoms with E-state index in [0.29, 0.717) is 11.5 Å². The lowest BCUT2D eigenvalue weighted by atomic mass is 9.96. The van der Waals surface area contributed by atoms with E-state index in [4.69, 9.17) is 17.3 Å². The minimum atomic E-state index is -0.472. The number of hydrogen-bond donors (Lipinski definition) is 0. The fourth-order valence-corrected chi connectivity index (χ4v) is 1.84. The summed E-state index contributed by atoms with van der Waals surface area (Å²) < 4.78 is 10.3. The van der Waals surface area contributed by atoms with Gasteiger partial charge in [-0.15, -0.1) is 0 Å². The van der Waals surface area contributed by atoms with Crippen molar-refractivity contribution in [1.82, 2.24) is 4.90 Å². The van der Waals surface area contributed by atoms with Crippen molar-refractivity contribution < 1.29 is 19.1 Å². The SMILES string of the molecule is [B]C1=CC(=O)N(Cc2ccc(OC)c(OC)c2)C1=O.